The number of aliphatic hydroxyl groups is 1. The first-order valence-electron chi connectivity index (χ1n) is 5.67. The lowest BCUT2D eigenvalue weighted by molar-refractivity contribution is -0.147. The van der Waals surface area contributed by atoms with Crippen molar-refractivity contribution in [3.8, 4) is 0 Å². The lowest BCUT2D eigenvalue weighted by Gasteiger charge is -2.14. The molecule has 0 spiro atoms. The molecule has 0 aromatic heterocycles. The van der Waals surface area contributed by atoms with Gasteiger partial charge < -0.3 is 15.2 Å². The van der Waals surface area contributed by atoms with Crippen LogP contribution >= 0.6 is 0 Å². The Morgan fingerprint density at radius 2 is 2.07 bits per heavy atom. The lowest BCUT2D eigenvalue weighted by Crippen LogP contribution is -2.33. The first-order valence-corrected chi connectivity index (χ1v) is 5.67. The van der Waals surface area contributed by atoms with Crippen molar-refractivity contribution in [3.05, 3.63) is 0 Å². The number of aliphatic hydroxyl groups excluding tert-OH is 1. The molecular formula is C11H23NO3. The third-order valence-corrected chi connectivity index (χ3v) is 2.14. The summed E-state index contributed by atoms with van der Waals surface area (Å²) in [5, 5.41) is 12.5. The van der Waals surface area contributed by atoms with E-state index in [1.165, 1.54) is 0 Å². The van der Waals surface area contributed by atoms with Gasteiger partial charge in [-0.05, 0) is 13.3 Å². The molecule has 2 unspecified atom stereocenters. The highest BCUT2D eigenvalue weighted by atomic mass is 16.5. The minimum Gasteiger partial charge on any atom is -0.466 e. The molecule has 4 nitrogen and oxygen atoms in total. The zero-order valence-corrected chi connectivity index (χ0v) is 9.95. The van der Waals surface area contributed by atoms with Crippen LogP contribution in [0.1, 0.15) is 33.6 Å². The van der Waals surface area contributed by atoms with E-state index in [0.29, 0.717) is 19.7 Å². The van der Waals surface area contributed by atoms with Crippen molar-refractivity contribution in [2.24, 2.45) is 5.92 Å². The highest BCUT2D eigenvalue weighted by molar-refractivity contribution is 5.72. The lowest BCUT2D eigenvalue weighted by atomic mass is 10.1. The van der Waals surface area contributed by atoms with Crippen LogP contribution in [0.15, 0.2) is 0 Å². The Hall–Kier alpha value is -0.610. The molecule has 0 aliphatic carbocycles. The Kier molecular flexibility index (Phi) is 8.33. The average molecular weight is 217 g/mol. The number of ether oxygens (including phenoxy) is 1. The first-order chi connectivity index (χ1) is 7.11. The van der Waals surface area contributed by atoms with Crippen molar-refractivity contribution in [3.63, 3.8) is 0 Å². The molecule has 0 aromatic rings. The van der Waals surface area contributed by atoms with Crippen LogP contribution in [0, 0.1) is 5.92 Å². The molecule has 2 atom stereocenters. The molecule has 0 heterocycles. The molecule has 2 N–H and O–H groups in total. The maximum absolute atomic E-state index is 11.2. The standard InChI is InChI=1S/C11H23NO3/c1-4-6-10(13)8-12-7-9(3)11(14)15-5-2/h9-10,12-13H,4-8H2,1-3H3. The van der Waals surface area contributed by atoms with Crippen molar-refractivity contribution in [2.45, 2.75) is 39.7 Å². The SMILES string of the molecule is CCCC(O)CNCC(C)C(=O)OCC. The smallest absolute Gasteiger partial charge is 0.309 e. The van der Waals surface area contributed by atoms with Gasteiger partial charge in [0.15, 0.2) is 0 Å². The number of hydrogen-bond acceptors (Lipinski definition) is 4. The number of carbonyl (C=O) groups excluding carboxylic acids is 1. The number of rotatable bonds is 8. The van der Waals surface area contributed by atoms with E-state index in [0.717, 1.165) is 12.8 Å². The van der Waals surface area contributed by atoms with Crippen molar-refractivity contribution in [1.29, 1.82) is 0 Å². The zero-order valence-electron chi connectivity index (χ0n) is 9.95. The summed E-state index contributed by atoms with van der Waals surface area (Å²) in [7, 11) is 0. The van der Waals surface area contributed by atoms with E-state index in [1.54, 1.807) is 6.92 Å². The van der Waals surface area contributed by atoms with Crippen molar-refractivity contribution < 1.29 is 14.6 Å². The second kappa shape index (κ2) is 8.68. The van der Waals surface area contributed by atoms with Gasteiger partial charge in [-0.1, -0.05) is 20.3 Å². The first kappa shape index (κ1) is 14.4. The maximum Gasteiger partial charge on any atom is 0.309 e. The van der Waals surface area contributed by atoms with E-state index in [9.17, 15) is 9.90 Å². The Morgan fingerprint density at radius 3 is 2.60 bits per heavy atom. The highest BCUT2D eigenvalue weighted by Crippen LogP contribution is 1.98. The van der Waals surface area contributed by atoms with Crippen LogP contribution in [-0.2, 0) is 9.53 Å². The maximum atomic E-state index is 11.2. The van der Waals surface area contributed by atoms with Crippen molar-refractivity contribution >= 4 is 5.97 Å². The molecular weight excluding hydrogens is 194 g/mol. The normalized spacial score (nSPS) is 14.7. The summed E-state index contributed by atoms with van der Waals surface area (Å²) in [5.41, 5.74) is 0. The summed E-state index contributed by atoms with van der Waals surface area (Å²) in [4.78, 5) is 11.2. The van der Waals surface area contributed by atoms with Gasteiger partial charge in [-0.25, -0.2) is 0 Å². The van der Waals surface area contributed by atoms with Crippen LogP contribution in [0.5, 0.6) is 0 Å². The van der Waals surface area contributed by atoms with Gasteiger partial charge in [0.1, 0.15) is 0 Å². The zero-order chi connectivity index (χ0) is 11.7. The number of carbonyl (C=O) groups is 1. The fraction of sp³-hybridized carbons (Fsp3) is 0.909. The largest absolute Gasteiger partial charge is 0.466 e. The van der Waals surface area contributed by atoms with E-state index in [2.05, 4.69) is 5.32 Å². The number of esters is 1. The predicted molar refractivity (Wildman–Crippen MR) is 59.6 cm³/mol. The van der Waals surface area contributed by atoms with E-state index in [-0.39, 0.29) is 18.0 Å². The molecule has 0 saturated carbocycles. The Balaban J connectivity index is 3.53. The van der Waals surface area contributed by atoms with Crippen LogP contribution in [0.2, 0.25) is 0 Å². The van der Waals surface area contributed by atoms with Crippen LogP contribution in [0.4, 0.5) is 0 Å². The molecule has 0 aromatic carbocycles. The molecule has 0 saturated heterocycles. The average Bonchev–Trinajstić information content (AvgIpc) is 2.18. The van der Waals surface area contributed by atoms with Crippen LogP contribution in [-0.4, -0.2) is 36.9 Å². The van der Waals surface area contributed by atoms with Crippen LogP contribution in [0.3, 0.4) is 0 Å². The Morgan fingerprint density at radius 1 is 1.40 bits per heavy atom. The molecule has 4 heteroatoms. The molecule has 0 radical (unpaired) electrons. The summed E-state index contributed by atoms with van der Waals surface area (Å²) < 4.78 is 4.87. The number of nitrogens with one attached hydrogen (secondary N) is 1. The van der Waals surface area contributed by atoms with Crippen LogP contribution < -0.4 is 5.32 Å². The van der Waals surface area contributed by atoms with E-state index >= 15 is 0 Å². The van der Waals surface area contributed by atoms with Crippen molar-refractivity contribution in [1.82, 2.24) is 5.32 Å². The van der Waals surface area contributed by atoms with Gasteiger partial charge in [-0.2, -0.15) is 0 Å². The van der Waals surface area contributed by atoms with Gasteiger partial charge in [0.25, 0.3) is 0 Å². The minimum absolute atomic E-state index is 0.154. The molecule has 90 valence electrons. The van der Waals surface area contributed by atoms with Gasteiger partial charge >= 0.3 is 5.97 Å². The molecule has 0 bridgehead atoms. The molecule has 15 heavy (non-hydrogen) atoms. The van der Waals surface area contributed by atoms with Gasteiger partial charge in [0, 0.05) is 13.1 Å². The van der Waals surface area contributed by atoms with Crippen LogP contribution in [0.25, 0.3) is 0 Å². The predicted octanol–water partition coefficient (Wildman–Crippen LogP) is 0.936. The molecule has 0 amide bonds. The molecule has 0 aliphatic rings. The van der Waals surface area contributed by atoms with E-state index in [1.807, 2.05) is 13.8 Å². The Labute approximate surface area is 92.0 Å². The fourth-order valence-corrected chi connectivity index (χ4v) is 1.27. The number of hydrogen-bond donors (Lipinski definition) is 2. The van der Waals surface area contributed by atoms with E-state index < -0.39 is 0 Å². The molecule has 0 fully saturated rings. The fourth-order valence-electron chi connectivity index (χ4n) is 1.27. The van der Waals surface area contributed by atoms with Gasteiger partial charge in [0.2, 0.25) is 0 Å². The summed E-state index contributed by atoms with van der Waals surface area (Å²) in [6.07, 6.45) is 1.45. The molecule has 0 aliphatic heterocycles. The van der Waals surface area contributed by atoms with Gasteiger partial charge in [0.05, 0.1) is 18.6 Å². The topological polar surface area (TPSA) is 58.6 Å². The summed E-state index contributed by atoms with van der Waals surface area (Å²) >= 11 is 0. The third-order valence-electron chi connectivity index (χ3n) is 2.14. The summed E-state index contributed by atoms with van der Waals surface area (Å²) in [5.74, 6) is -0.339. The minimum atomic E-state index is -0.315. The second-order valence-corrected chi connectivity index (χ2v) is 3.75. The Bertz CT molecular complexity index is 173. The monoisotopic (exact) mass is 217 g/mol. The quantitative estimate of drug-likeness (QED) is 0.594. The molecule has 0 rings (SSSR count). The van der Waals surface area contributed by atoms with Gasteiger partial charge in [-0.15, -0.1) is 0 Å². The van der Waals surface area contributed by atoms with Gasteiger partial charge in [-0.3, -0.25) is 4.79 Å². The van der Waals surface area contributed by atoms with Crippen molar-refractivity contribution in [2.75, 3.05) is 19.7 Å². The third kappa shape index (κ3) is 7.33. The summed E-state index contributed by atoms with van der Waals surface area (Å²) in [6, 6.07) is 0. The van der Waals surface area contributed by atoms with E-state index in [4.69, 9.17) is 4.74 Å². The highest BCUT2D eigenvalue weighted by Gasteiger charge is 2.13. The second-order valence-electron chi connectivity index (χ2n) is 3.75. The summed E-state index contributed by atoms with van der Waals surface area (Å²) in [6.45, 7) is 7.16.